The van der Waals surface area contributed by atoms with Crippen molar-refractivity contribution in [3.05, 3.63) is 23.6 Å². The van der Waals surface area contributed by atoms with Gasteiger partial charge in [0.1, 0.15) is 12.4 Å². The van der Waals surface area contributed by atoms with Crippen LogP contribution >= 0.6 is 0 Å². The van der Waals surface area contributed by atoms with E-state index < -0.39 is 0 Å². The highest BCUT2D eigenvalue weighted by molar-refractivity contribution is 5.79. The molecule has 0 spiro atoms. The molecular formula is C13H18N2O2. The Balaban J connectivity index is 1.90. The lowest BCUT2D eigenvalue weighted by Gasteiger charge is -2.35. The number of piperidine rings is 1. The summed E-state index contributed by atoms with van der Waals surface area (Å²) < 4.78 is 5.77. The van der Waals surface area contributed by atoms with E-state index in [4.69, 9.17) is 4.74 Å². The monoisotopic (exact) mass is 234 g/mol. The number of amides is 1. The first kappa shape index (κ1) is 10.8. The fraction of sp³-hybridized carbons (Fsp3) is 0.615. The van der Waals surface area contributed by atoms with Gasteiger partial charge in [-0.25, -0.2) is 0 Å². The smallest absolute Gasteiger partial charge is 0.227 e. The number of allylic oxidation sites excluding steroid dienone is 1. The number of carbonyl (C=O) groups excluding carboxylic acids is 1. The van der Waals surface area contributed by atoms with Crippen molar-refractivity contribution >= 4 is 5.91 Å². The molecule has 1 N–H and O–H groups in total. The molecule has 2 aliphatic heterocycles. The number of nitrogens with zero attached hydrogens (tertiary/aromatic N) is 1. The van der Waals surface area contributed by atoms with E-state index in [9.17, 15) is 4.79 Å². The molecule has 3 aliphatic rings. The second-order valence-corrected chi connectivity index (χ2v) is 4.75. The van der Waals surface area contributed by atoms with Gasteiger partial charge in [-0.2, -0.15) is 0 Å². The predicted molar refractivity (Wildman–Crippen MR) is 64.1 cm³/mol. The van der Waals surface area contributed by atoms with Crippen LogP contribution in [0.5, 0.6) is 0 Å². The maximum atomic E-state index is 11.9. The van der Waals surface area contributed by atoms with Crippen molar-refractivity contribution in [3.63, 3.8) is 0 Å². The molecule has 4 nitrogen and oxygen atoms in total. The summed E-state index contributed by atoms with van der Waals surface area (Å²) in [5, 5.41) is 3.43. The first-order valence-corrected chi connectivity index (χ1v) is 6.43. The molecule has 0 aromatic carbocycles. The van der Waals surface area contributed by atoms with Crippen LogP contribution < -0.4 is 5.32 Å². The molecule has 0 unspecified atom stereocenters. The quantitative estimate of drug-likeness (QED) is 0.740. The van der Waals surface area contributed by atoms with Gasteiger partial charge in [0.2, 0.25) is 5.91 Å². The summed E-state index contributed by atoms with van der Waals surface area (Å²) in [6.45, 7) is 2.42. The Hall–Kier alpha value is -1.29. The zero-order valence-corrected chi connectivity index (χ0v) is 9.95. The number of morpholine rings is 1. The number of likely N-dealkylation sites (tertiary alicyclic amines) is 1. The van der Waals surface area contributed by atoms with Gasteiger partial charge in [0.05, 0.1) is 11.7 Å². The molecular weight excluding hydrogens is 216 g/mol. The molecule has 2 saturated heterocycles. The van der Waals surface area contributed by atoms with Crippen LogP contribution in [0.3, 0.4) is 0 Å². The minimum absolute atomic E-state index is 0.234. The van der Waals surface area contributed by atoms with Crippen LogP contribution in [-0.4, -0.2) is 36.5 Å². The molecule has 0 saturated carbocycles. The Morgan fingerprint density at radius 2 is 2.35 bits per heavy atom. The number of carbonyl (C=O) groups is 1. The van der Waals surface area contributed by atoms with Gasteiger partial charge in [-0.05, 0) is 25.3 Å². The second-order valence-electron chi connectivity index (χ2n) is 4.75. The van der Waals surface area contributed by atoms with Gasteiger partial charge >= 0.3 is 0 Å². The second kappa shape index (κ2) is 4.53. The van der Waals surface area contributed by atoms with Crippen molar-refractivity contribution in [3.8, 4) is 0 Å². The van der Waals surface area contributed by atoms with Crippen LogP contribution in [0.25, 0.3) is 0 Å². The summed E-state index contributed by atoms with van der Waals surface area (Å²) in [4.78, 5) is 13.8. The molecule has 0 aromatic heterocycles. The molecule has 0 radical (unpaired) electrons. The molecule has 17 heavy (non-hydrogen) atoms. The first-order valence-electron chi connectivity index (χ1n) is 6.43. The SMILES string of the molecule is O=C1CCCCN1C1=C2OCCN[C@H]2CC=C1. The van der Waals surface area contributed by atoms with E-state index >= 15 is 0 Å². The molecule has 0 aromatic rings. The molecule has 3 rings (SSSR count). The summed E-state index contributed by atoms with van der Waals surface area (Å²) in [5.41, 5.74) is 0.984. The summed E-state index contributed by atoms with van der Waals surface area (Å²) in [6.07, 6.45) is 7.91. The van der Waals surface area contributed by atoms with Crippen molar-refractivity contribution < 1.29 is 9.53 Å². The van der Waals surface area contributed by atoms with E-state index in [2.05, 4.69) is 11.4 Å². The van der Waals surface area contributed by atoms with Crippen molar-refractivity contribution in [2.45, 2.75) is 31.7 Å². The molecule has 1 amide bonds. The van der Waals surface area contributed by atoms with E-state index in [0.717, 1.165) is 43.8 Å². The number of fused-ring (bicyclic) bond motifs is 1. The topological polar surface area (TPSA) is 41.6 Å². The third-order valence-corrected chi connectivity index (χ3v) is 3.58. The van der Waals surface area contributed by atoms with Gasteiger partial charge in [0.25, 0.3) is 0 Å². The molecule has 0 bridgehead atoms. The highest BCUT2D eigenvalue weighted by Gasteiger charge is 2.30. The summed E-state index contributed by atoms with van der Waals surface area (Å²) >= 11 is 0. The minimum atomic E-state index is 0.234. The first-order chi connectivity index (χ1) is 8.36. The van der Waals surface area contributed by atoms with Gasteiger partial charge in [-0.15, -0.1) is 0 Å². The highest BCUT2D eigenvalue weighted by atomic mass is 16.5. The van der Waals surface area contributed by atoms with E-state index in [-0.39, 0.29) is 11.9 Å². The highest BCUT2D eigenvalue weighted by Crippen LogP contribution is 2.28. The molecule has 2 heterocycles. The van der Waals surface area contributed by atoms with Crippen LogP contribution in [0.2, 0.25) is 0 Å². The summed E-state index contributed by atoms with van der Waals surface area (Å²) in [7, 11) is 0. The molecule has 92 valence electrons. The molecule has 2 fully saturated rings. The number of ether oxygens (including phenoxy) is 1. The van der Waals surface area contributed by atoms with Crippen molar-refractivity contribution in [2.24, 2.45) is 0 Å². The van der Waals surface area contributed by atoms with Gasteiger partial charge < -0.3 is 15.0 Å². The number of nitrogens with one attached hydrogen (secondary N) is 1. The summed E-state index contributed by atoms with van der Waals surface area (Å²) in [5.74, 6) is 1.20. The maximum Gasteiger partial charge on any atom is 0.227 e. The third kappa shape index (κ3) is 1.97. The third-order valence-electron chi connectivity index (χ3n) is 3.58. The number of rotatable bonds is 1. The fourth-order valence-electron chi connectivity index (χ4n) is 2.71. The van der Waals surface area contributed by atoms with Crippen LogP contribution in [0.1, 0.15) is 25.7 Å². The lowest BCUT2D eigenvalue weighted by atomic mass is 10.0. The molecule has 1 aliphatic carbocycles. The van der Waals surface area contributed by atoms with Crippen LogP contribution in [-0.2, 0) is 9.53 Å². The predicted octanol–water partition coefficient (Wildman–Crippen LogP) is 1.16. The number of hydrogen-bond donors (Lipinski definition) is 1. The average Bonchev–Trinajstić information content (AvgIpc) is 2.39. The number of hydrogen-bond acceptors (Lipinski definition) is 3. The van der Waals surface area contributed by atoms with Gasteiger partial charge in [-0.1, -0.05) is 6.08 Å². The van der Waals surface area contributed by atoms with E-state index in [1.54, 1.807) is 0 Å². The zero-order chi connectivity index (χ0) is 11.7. The Labute approximate surface area is 101 Å². The summed E-state index contributed by atoms with van der Waals surface area (Å²) in [6, 6.07) is 0.262. The fourth-order valence-corrected chi connectivity index (χ4v) is 2.71. The van der Waals surface area contributed by atoms with Crippen LogP contribution in [0.15, 0.2) is 23.6 Å². The largest absolute Gasteiger partial charge is 0.493 e. The van der Waals surface area contributed by atoms with Crippen molar-refractivity contribution in [1.29, 1.82) is 0 Å². The minimum Gasteiger partial charge on any atom is -0.493 e. The lowest BCUT2D eigenvalue weighted by Crippen LogP contribution is -2.44. The van der Waals surface area contributed by atoms with Gasteiger partial charge in [-0.3, -0.25) is 4.79 Å². The normalized spacial score (nSPS) is 29.1. The van der Waals surface area contributed by atoms with Gasteiger partial charge in [0, 0.05) is 19.5 Å². The zero-order valence-electron chi connectivity index (χ0n) is 9.95. The Morgan fingerprint density at radius 3 is 3.24 bits per heavy atom. The van der Waals surface area contributed by atoms with Gasteiger partial charge in [0.15, 0.2) is 0 Å². The lowest BCUT2D eigenvalue weighted by molar-refractivity contribution is -0.131. The Kier molecular flexibility index (Phi) is 2.89. The van der Waals surface area contributed by atoms with Crippen molar-refractivity contribution in [1.82, 2.24) is 10.2 Å². The van der Waals surface area contributed by atoms with Crippen LogP contribution in [0, 0.1) is 0 Å². The van der Waals surface area contributed by atoms with Crippen LogP contribution in [0.4, 0.5) is 0 Å². The van der Waals surface area contributed by atoms with Crippen molar-refractivity contribution in [2.75, 3.05) is 19.7 Å². The van der Waals surface area contributed by atoms with E-state index in [1.807, 2.05) is 11.0 Å². The standard InChI is InChI=1S/C13H18N2O2/c16-12-6-1-2-8-15(12)11-5-3-4-10-13(11)17-9-7-14-10/h3,5,10,14H,1-2,4,6-9H2/t10-/m0/s1. The Morgan fingerprint density at radius 1 is 1.41 bits per heavy atom. The molecule has 1 atom stereocenters. The average molecular weight is 234 g/mol. The Bertz CT molecular complexity index is 387. The molecule has 4 heteroatoms. The maximum absolute atomic E-state index is 11.9. The van der Waals surface area contributed by atoms with E-state index in [1.165, 1.54) is 0 Å². The van der Waals surface area contributed by atoms with E-state index in [0.29, 0.717) is 13.0 Å².